The van der Waals surface area contributed by atoms with Gasteiger partial charge in [0.05, 0.1) is 15.5 Å². The molecule has 1 atom stereocenters. The van der Waals surface area contributed by atoms with E-state index in [2.05, 4.69) is 5.32 Å². The Bertz CT molecular complexity index is 838. The van der Waals surface area contributed by atoms with Crippen LogP contribution in [0.2, 0.25) is 5.02 Å². The summed E-state index contributed by atoms with van der Waals surface area (Å²) in [7, 11) is 0. The van der Waals surface area contributed by atoms with Crippen LogP contribution in [0.25, 0.3) is 0 Å². The minimum Gasteiger partial charge on any atom is -0.366 e. The lowest BCUT2D eigenvalue weighted by molar-refractivity contribution is -0.121. The van der Waals surface area contributed by atoms with Crippen LogP contribution in [-0.2, 0) is 4.79 Å². The van der Waals surface area contributed by atoms with Gasteiger partial charge in [-0.3, -0.25) is 14.4 Å². The number of nitrogens with one attached hydrogen (secondary N) is 1. The van der Waals surface area contributed by atoms with Crippen molar-refractivity contribution in [3.8, 4) is 0 Å². The molecule has 26 heavy (non-hydrogen) atoms. The number of anilines is 1. The van der Waals surface area contributed by atoms with Crippen molar-refractivity contribution >= 4 is 46.3 Å². The smallest absolute Gasteiger partial charge is 0.264 e. The molecule has 136 valence electrons. The summed E-state index contributed by atoms with van der Waals surface area (Å²) in [4.78, 5) is 39.1. The van der Waals surface area contributed by atoms with E-state index < -0.39 is 11.9 Å². The van der Waals surface area contributed by atoms with Gasteiger partial charge in [0.25, 0.3) is 5.91 Å². The fourth-order valence-electron chi connectivity index (χ4n) is 3.01. The number of primary amides is 1. The van der Waals surface area contributed by atoms with Gasteiger partial charge in [-0.1, -0.05) is 17.7 Å². The van der Waals surface area contributed by atoms with Gasteiger partial charge >= 0.3 is 0 Å². The van der Waals surface area contributed by atoms with Gasteiger partial charge in [-0.25, -0.2) is 0 Å². The summed E-state index contributed by atoms with van der Waals surface area (Å²) in [6.07, 6.45) is 2.34. The third-order valence-corrected chi connectivity index (χ3v) is 5.49. The number of thiophene rings is 1. The molecule has 0 radical (unpaired) electrons. The van der Waals surface area contributed by atoms with Gasteiger partial charge < -0.3 is 16.0 Å². The number of benzene rings is 1. The van der Waals surface area contributed by atoms with E-state index in [1.54, 1.807) is 17.0 Å². The summed E-state index contributed by atoms with van der Waals surface area (Å²) >= 11 is 7.29. The molecule has 6 nitrogen and oxygen atoms in total. The van der Waals surface area contributed by atoms with E-state index in [0.29, 0.717) is 23.5 Å². The number of carbonyl (C=O) groups is 3. The Morgan fingerprint density at radius 3 is 2.73 bits per heavy atom. The zero-order valence-electron chi connectivity index (χ0n) is 13.9. The Labute approximate surface area is 159 Å². The second-order valence-corrected chi connectivity index (χ2v) is 7.39. The minimum atomic E-state index is -0.668. The highest BCUT2D eigenvalue weighted by Gasteiger charge is 2.33. The number of nitrogens with two attached hydrogens (primary N) is 1. The molecule has 1 aromatic carbocycles. The van der Waals surface area contributed by atoms with Crippen molar-refractivity contribution in [2.45, 2.75) is 25.3 Å². The third-order valence-electron chi connectivity index (χ3n) is 4.30. The molecule has 2 aromatic rings. The molecule has 3 amide bonds. The zero-order valence-corrected chi connectivity index (χ0v) is 15.5. The third kappa shape index (κ3) is 3.89. The Balaban J connectivity index is 1.78. The highest BCUT2D eigenvalue weighted by molar-refractivity contribution is 7.12. The summed E-state index contributed by atoms with van der Waals surface area (Å²) in [6.45, 7) is 0.544. The molecule has 0 saturated carbocycles. The second-order valence-electron chi connectivity index (χ2n) is 6.04. The van der Waals surface area contributed by atoms with Crippen molar-refractivity contribution in [2.24, 2.45) is 5.73 Å². The highest BCUT2D eigenvalue weighted by Crippen LogP contribution is 2.24. The average Bonchev–Trinajstić information content (AvgIpc) is 3.17. The molecule has 0 unspecified atom stereocenters. The molecule has 1 aromatic heterocycles. The maximum atomic E-state index is 12.8. The van der Waals surface area contributed by atoms with Gasteiger partial charge in [-0.05, 0) is 48.9 Å². The Hall–Kier alpha value is -2.38. The van der Waals surface area contributed by atoms with Crippen LogP contribution in [0.5, 0.6) is 0 Å². The number of likely N-dealkylation sites (tertiary alicyclic amines) is 1. The van der Waals surface area contributed by atoms with Crippen molar-refractivity contribution < 1.29 is 14.4 Å². The monoisotopic (exact) mass is 391 g/mol. The summed E-state index contributed by atoms with van der Waals surface area (Å²) in [5.74, 6) is -1.08. The molecule has 1 aliphatic rings. The van der Waals surface area contributed by atoms with Crippen molar-refractivity contribution in [3.63, 3.8) is 0 Å². The van der Waals surface area contributed by atoms with Crippen molar-refractivity contribution in [1.82, 2.24) is 4.90 Å². The van der Waals surface area contributed by atoms with Crippen LogP contribution in [0.1, 0.15) is 39.3 Å². The molecule has 0 spiro atoms. The molecule has 1 fully saturated rings. The maximum absolute atomic E-state index is 12.8. The van der Waals surface area contributed by atoms with Gasteiger partial charge in [0.2, 0.25) is 11.8 Å². The van der Waals surface area contributed by atoms with E-state index in [4.69, 9.17) is 17.3 Å². The number of carbonyl (C=O) groups excluding carboxylic acids is 3. The molecule has 3 rings (SSSR count). The van der Waals surface area contributed by atoms with E-state index in [0.717, 1.165) is 12.8 Å². The first kappa shape index (κ1) is 18.4. The number of hydrogen-bond donors (Lipinski definition) is 2. The molecular weight excluding hydrogens is 374 g/mol. The molecular formula is C18H18ClN3O3S. The van der Waals surface area contributed by atoms with Crippen LogP contribution in [0.15, 0.2) is 35.7 Å². The van der Waals surface area contributed by atoms with Gasteiger partial charge in [0.1, 0.15) is 6.04 Å². The van der Waals surface area contributed by atoms with E-state index in [1.807, 2.05) is 11.4 Å². The normalized spacial score (nSPS) is 17.0. The van der Waals surface area contributed by atoms with Gasteiger partial charge in [-0.2, -0.15) is 0 Å². The predicted octanol–water partition coefficient (Wildman–Crippen LogP) is 3.13. The van der Waals surface area contributed by atoms with Crippen LogP contribution in [0.4, 0.5) is 5.69 Å². The first-order valence-corrected chi connectivity index (χ1v) is 9.48. The van der Waals surface area contributed by atoms with Gasteiger partial charge in [0.15, 0.2) is 0 Å². The largest absolute Gasteiger partial charge is 0.366 e. The Morgan fingerprint density at radius 1 is 1.23 bits per heavy atom. The quantitative estimate of drug-likeness (QED) is 0.838. The van der Waals surface area contributed by atoms with Crippen LogP contribution in [0, 0.1) is 0 Å². The fraction of sp³-hybridized carbons (Fsp3) is 0.278. The number of hydrogen-bond acceptors (Lipinski definition) is 4. The lowest BCUT2D eigenvalue weighted by atomic mass is 10.0. The molecule has 0 bridgehead atoms. The number of halogens is 1. The number of rotatable bonds is 4. The van der Waals surface area contributed by atoms with E-state index >= 15 is 0 Å². The Kier molecular flexibility index (Phi) is 5.58. The van der Waals surface area contributed by atoms with E-state index in [1.165, 1.54) is 23.5 Å². The fourth-order valence-corrected chi connectivity index (χ4v) is 3.90. The number of piperidine rings is 1. The first-order chi connectivity index (χ1) is 12.5. The van der Waals surface area contributed by atoms with E-state index in [9.17, 15) is 14.4 Å². The molecule has 1 aliphatic heterocycles. The standard InChI is InChI=1S/C18H18ClN3O3S/c19-13-7-6-11(10-12(13)16(20)23)21-17(24)14-4-1-2-8-22(14)18(25)15-5-3-9-26-15/h3,5-7,9-10,14H,1-2,4,8H2,(H2,20,23)(H,21,24)/t14-/m1/s1. The average molecular weight is 392 g/mol. The molecule has 0 aliphatic carbocycles. The first-order valence-electron chi connectivity index (χ1n) is 8.22. The maximum Gasteiger partial charge on any atom is 0.264 e. The lowest BCUT2D eigenvalue weighted by Crippen LogP contribution is -2.49. The van der Waals surface area contributed by atoms with Gasteiger partial charge in [-0.15, -0.1) is 11.3 Å². The summed E-state index contributed by atoms with van der Waals surface area (Å²) in [6, 6.07) is 7.57. The molecule has 3 N–H and O–H groups in total. The molecule has 8 heteroatoms. The van der Waals surface area contributed by atoms with Gasteiger partial charge in [0, 0.05) is 12.2 Å². The SMILES string of the molecule is NC(=O)c1cc(NC(=O)[C@H]2CCCCN2C(=O)c2cccs2)ccc1Cl. The topological polar surface area (TPSA) is 92.5 Å². The van der Waals surface area contributed by atoms with Crippen LogP contribution >= 0.6 is 22.9 Å². The predicted molar refractivity (Wildman–Crippen MR) is 102 cm³/mol. The van der Waals surface area contributed by atoms with Crippen LogP contribution in [-0.4, -0.2) is 35.2 Å². The highest BCUT2D eigenvalue weighted by atomic mass is 35.5. The molecule has 1 saturated heterocycles. The zero-order chi connectivity index (χ0) is 18.7. The summed E-state index contributed by atoms with van der Waals surface area (Å²) < 4.78 is 0. The number of nitrogens with zero attached hydrogens (tertiary/aromatic N) is 1. The Morgan fingerprint density at radius 2 is 2.04 bits per heavy atom. The van der Waals surface area contributed by atoms with E-state index in [-0.39, 0.29) is 22.4 Å². The molecule has 2 heterocycles. The van der Waals surface area contributed by atoms with Crippen molar-refractivity contribution in [3.05, 3.63) is 51.2 Å². The van der Waals surface area contributed by atoms with Crippen LogP contribution < -0.4 is 11.1 Å². The second kappa shape index (κ2) is 7.88. The van der Waals surface area contributed by atoms with Crippen molar-refractivity contribution in [2.75, 3.05) is 11.9 Å². The summed E-state index contributed by atoms with van der Waals surface area (Å²) in [5.41, 5.74) is 5.84. The lowest BCUT2D eigenvalue weighted by Gasteiger charge is -2.34. The number of amides is 3. The minimum absolute atomic E-state index is 0.131. The van der Waals surface area contributed by atoms with Crippen LogP contribution in [0.3, 0.4) is 0 Å². The van der Waals surface area contributed by atoms with Crippen molar-refractivity contribution in [1.29, 1.82) is 0 Å². The summed E-state index contributed by atoms with van der Waals surface area (Å²) in [5, 5.41) is 4.83.